The number of thioether (sulfide) groups is 1. The van der Waals surface area contributed by atoms with Crippen molar-refractivity contribution >= 4 is 17.7 Å². The molecule has 6 nitrogen and oxygen atoms in total. The van der Waals surface area contributed by atoms with Gasteiger partial charge in [-0.1, -0.05) is 35.5 Å². The van der Waals surface area contributed by atoms with E-state index in [1.54, 1.807) is 6.26 Å². The molecule has 0 spiro atoms. The molecule has 2 aliphatic carbocycles. The Morgan fingerprint density at radius 2 is 2.06 bits per heavy atom. The van der Waals surface area contributed by atoms with Crippen molar-refractivity contribution < 1.29 is 9.21 Å². The van der Waals surface area contributed by atoms with Crippen LogP contribution < -0.4 is 0 Å². The van der Waals surface area contributed by atoms with Gasteiger partial charge in [-0.15, -0.1) is 10.2 Å². The summed E-state index contributed by atoms with van der Waals surface area (Å²) in [5.41, 5.74) is 2.18. The molecule has 1 aromatic carbocycles. The second-order valence-corrected chi connectivity index (χ2v) is 9.68. The first kappa shape index (κ1) is 20.4. The van der Waals surface area contributed by atoms with E-state index in [-0.39, 0.29) is 5.91 Å². The number of nitrogens with zero attached hydrogens (tertiary/aromatic N) is 4. The number of hydrogen-bond donors (Lipinski definition) is 0. The first-order valence-electron chi connectivity index (χ1n) is 11.1. The number of aromatic nitrogens is 3. The highest BCUT2D eigenvalue weighted by atomic mass is 32.2. The fourth-order valence-electron chi connectivity index (χ4n) is 4.22. The Balaban J connectivity index is 1.37. The number of aryl methyl sites for hydroxylation is 1. The summed E-state index contributed by atoms with van der Waals surface area (Å²) in [5.74, 6) is 2.92. The van der Waals surface area contributed by atoms with Crippen LogP contribution in [0.3, 0.4) is 0 Å². The number of amides is 1. The van der Waals surface area contributed by atoms with Gasteiger partial charge >= 0.3 is 0 Å². The fraction of sp³-hybridized carbons (Fsp3) is 0.458. The minimum atomic E-state index is 0.219. The minimum absolute atomic E-state index is 0.219. The van der Waals surface area contributed by atoms with Gasteiger partial charge < -0.3 is 9.32 Å². The van der Waals surface area contributed by atoms with Gasteiger partial charge in [-0.3, -0.25) is 9.36 Å². The Bertz CT molecular complexity index is 1050. The zero-order valence-corrected chi connectivity index (χ0v) is 18.8. The van der Waals surface area contributed by atoms with Crippen LogP contribution in [0.15, 0.2) is 52.2 Å². The highest BCUT2D eigenvalue weighted by Gasteiger charge is 2.41. The lowest BCUT2D eigenvalue weighted by Gasteiger charge is -2.29. The molecule has 0 N–H and O–H groups in total. The predicted molar refractivity (Wildman–Crippen MR) is 121 cm³/mol. The van der Waals surface area contributed by atoms with Gasteiger partial charge in [-0.2, -0.15) is 0 Å². The standard InChI is InChI=1S/C24H28N4O2S/c1-16-5-3-6-19(13-16)23-25-26-24(27(23)14-21-7-4-12-30-21)31-15-22(29)28(20-10-11-20)17(2)18-8-9-18/h3-7,12-13,17-18,20H,8-11,14-15H2,1-2H3. The van der Waals surface area contributed by atoms with Crippen molar-refractivity contribution in [3.63, 3.8) is 0 Å². The van der Waals surface area contributed by atoms with Crippen LogP contribution in [-0.2, 0) is 11.3 Å². The maximum Gasteiger partial charge on any atom is 0.233 e. The van der Waals surface area contributed by atoms with Gasteiger partial charge in [0.1, 0.15) is 5.76 Å². The predicted octanol–water partition coefficient (Wildman–Crippen LogP) is 4.78. The van der Waals surface area contributed by atoms with E-state index >= 15 is 0 Å². The molecule has 0 aliphatic heterocycles. The third kappa shape index (κ3) is 4.56. The molecule has 1 amide bonds. The van der Waals surface area contributed by atoms with E-state index in [9.17, 15) is 4.79 Å². The van der Waals surface area contributed by atoms with Crippen LogP contribution >= 0.6 is 11.8 Å². The molecule has 5 rings (SSSR count). The number of rotatable bonds is 9. The number of carbonyl (C=O) groups is 1. The quantitative estimate of drug-likeness (QED) is 0.452. The molecule has 0 radical (unpaired) electrons. The van der Waals surface area contributed by atoms with Gasteiger partial charge in [0.2, 0.25) is 5.91 Å². The SMILES string of the molecule is Cc1cccc(-c2nnc(SCC(=O)N(C3CC3)C(C)C3CC3)n2Cc2ccco2)c1. The summed E-state index contributed by atoms with van der Waals surface area (Å²) in [4.78, 5) is 15.3. The second kappa shape index (κ2) is 8.54. The number of hydrogen-bond acceptors (Lipinski definition) is 5. The van der Waals surface area contributed by atoms with Gasteiger partial charge in [0.25, 0.3) is 0 Å². The molecule has 2 fully saturated rings. The van der Waals surface area contributed by atoms with Gasteiger partial charge in [-0.05, 0) is 63.6 Å². The first-order valence-corrected chi connectivity index (χ1v) is 12.1. The Labute approximate surface area is 187 Å². The van der Waals surface area contributed by atoms with Crippen molar-refractivity contribution in [2.24, 2.45) is 5.92 Å². The van der Waals surface area contributed by atoms with Gasteiger partial charge in [-0.25, -0.2) is 0 Å². The van der Waals surface area contributed by atoms with Crippen molar-refractivity contribution in [1.82, 2.24) is 19.7 Å². The van der Waals surface area contributed by atoms with Crippen LogP contribution in [0.5, 0.6) is 0 Å². The van der Waals surface area contributed by atoms with Crippen molar-refractivity contribution in [2.75, 3.05) is 5.75 Å². The largest absolute Gasteiger partial charge is 0.467 e. The van der Waals surface area contributed by atoms with E-state index in [1.165, 1.54) is 30.2 Å². The molecule has 0 saturated heterocycles. The Hall–Kier alpha value is -2.54. The lowest BCUT2D eigenvalue weighted by Crippen LogP contribution is -2.42. The van der Waals surface area contributed by atoms with Crippen LogP contribution in [0, 0.1) is 12.8 Å². The molecule has 2 heterocycles. The van der Waals surface area contributed by atoms with Gasteiger partial charge in [0.05, 0.1) is 18.6 Å². The molecule has 3 aromatic rings. The molecule has 7 heteroatoms. The molecule has 31 heavy (non-hydrogen) atoms. The molecule has 2 aliphatic rings. The highest BCUT2D eigenvalue weighted by molar-refractivity contribution is 7.99. The summed E-state index contributed by atoms with van der Waals surface area (Å²) in [6, 6.07) is 12.9. The lowest BCUT2D eigenvalue weighted by atomic mass is 10.1. The molecular formula is C24H28N4O2S. The zero-order chi connectivity index (χ0) is 21.4. The zero-order valence-electron chi connectivity index (χ0n) is 18.0. The third-order valence-electron chi connectivity index (χ3n) is 6.18. The normalized spacial score (nSPS) is 17.0. The topological polar surface area (TPSA) is 64.2 Å². The first-order chi connectivity index (χ1) is 15.1. The molecule has 2 saturated carbocycles. The van der Waals surface area contributed by atoms with E-state index in [1.807, 2.05) is 24.3 Å². The average molecular weight is 437 g/mol. The van der Waals surface area contributed by atoms with E-state index in [0.29, 0.717) is 30.3 Å². The van der Waals surface area contributed by atoms with Gasteiger partial charge in [0, 0.05) is 17.6 Å². The van der Waals surface area contributed by atoms with Crippen molar-refractivity contribution in [2.45, 2.75) is 63.3 Å². The summed E-state index contributed by atoms with van der Waals surface area (Å²) in [6.07, 6.45) is 6.46. The molecule has 2 aromatic heterocycles. The summed E-state index contributed by atoms with van der Waals surface area (Å²) in [5, 5.41) is 9.67. The maximum absolute atomic E-state index is 13.2. The van der Waals surface area contributed by atoms with Crippen molar-refractivity contribution in [3.8, 4) is 11.4 Å². The average Bonchev–Trinajstić information content (AvgIpc) is 3.68. The second-order valence-electron chi connectivity index (χ2n) is 8.74. The van der Waals surface area contributed by atoms with Crippen LogP contribution in [0.2, 0.25) is 0 Å². The molecule has 1 unspecified atom stereocenters. The molecule has 1 atom stereocenters. The van der Waals surface area contributed by atoms with Crippen LogP contribution in [0.4, 0.5) is 0 Å². The number of benzene rings is 1. The Kier molecular flexibility index (Phi) is 5.61. The molecule has 162 valence electrons. The van der Waals surface area contributed by atoms with Crippen LogP contribution in [-0.4, -0.2) is 43.4 Å². The summed E-state index contributed by atoms with van der Waals surface area (Å²) in [6.45, 7) is 4.82. The fourth-order valence-corrected chi connectivity index (χ4v) is 5.02. The van der Waals surface area contributed by atoms with E-state index in [4.69, 9.17) is 4.42 Å². The third-order valence-corrected chi connectivity index (χ3v) is 7.13. The van der Waals surface area contributed by atoms with E-state index in [0.717, 1.165) is 35.1 Å². The molecular weight excluding hydrogens is 408 g/mol. The van der Waals surface area contributed by atoms with Crippen LogP contribution in [0.25, 0.3) is 11.4 Å². The van der Waals surface area contributed by atoms with E-state index < -0.39 is 0 Å². The van der Waals surface area contributed by atoms with Crippen molar-refractivity contribution in [3.05, 3.63) is 54.0 Å². The Morgan fingerprint density at radius 3 is 2.74 bits per heavy atom. The minimum Gasteiger partial charge on any atom is -0.467 e. The maximum atomic E-state index is 13.2. The summed E-state index contributed by atoms with van der Waals surface area (Å²) in [7, 11) is 0. The number of furan rings is 1. The van der Waals surface area contributed by atoms with Crippen LogP contribution in [0.1, 0.15) is 43.9 Å². The highest BCUT2D eigenvalue weighted by Crippen LogP contribution is 2.40. The Morgan fingerprint density at radius 1 is 1.23 bits per heavy atom. The smallest absolute Gasteiger partial charge is 0.233 e. The number of carbonyl (C=O) groups excluding carboxylic acids is 1. The van der Waals surface area contributed by atoms with E-state index in [2.05, 4.69) is 45.6 Å². The van der Waals surface area contributed by atoms with Crippen molar-refractivity contribution in [1.29, 1.82) is 0 Å². The summed E-state index contributed by atoms with van der Waals surface area (Å²) >= 11 is 1.48. The monoisotopic (exact) mass is 436 g/mol. The van der Waals surface area contributed by atoms with Gasteiger partial charge in [0.15, 0.2) is 11.0 Å². The summed E-state index contributed by atoms with van der Waals surface area (Å²) < 4.78 is 7.64. The molecule has 0 bridgehead atoms. The lowest BCUT2D eigenvalue weighted by molar-refractivity contribution is -0.131.